The smallest absolute Gasteiger partial charge is 0.160 e. The molecule has 1 aliphatic heterocycles. The second kappa shape index (κ2) is 6.01. The topological polar surface area (TPSA) is 60.2 Å². The number of benzene rings is 1. The molecule has 1 N–H and O–H groups in total. The first-order chi connectivity index (χ1) is 11.3. The zero-order valence-corrected chi connectivity index (χ0v) is 12.9. The first-order valence-corrected chi connectivity index (χ1v) is 7.98. The van der Waals surface area contributed by atoms with Crippen LogP contribution in [0.4, 0.5) is 0 Å². The molecule has 1 fully saturated rings. The van der Waals surface area contributed by atoms with E-state index in [2.05, 4.69) is 9.55 Å². The van der Waals surface area contributed by atoms with E-state index in [9.17, 15) is 5.11 Å². The maximum Gasteiger partial charge on any atom is 0.160 e. The van der Waals surface area contributed by atoms with Crippen LogP contribution in [0.2, 0.25) is 0 Å². The van der Waals surface area contributed by atoms with Crippen molar-refractivity contribution in [3.63, 3.8) is 0 Å². The van der Waals surface area contributed by atoms with Crippen LogP contribution in [-0.2, 0) is 11.3 Å². The summed E-state index contributed by atoms with van der Waals surface area (Å²) >= 11 is 0. The summed E-state index contributed by atoms with van der Waals surface area (Å²) in [5.74, 6) is 1.64. The molecule has 3 heterocycles. The first-order valence-electron chi connectivity index (χ1n) is 7.98. The number of phenolic OH excluding ortho intramolecular Hbond substituents is 1. The summed E-state index contributed by atoms with van der Waals surface area (Å²) in [6, 6.07) is 11.2. The average Bonchev–Trinajstić information content (AvgIpc) is 2.96. The average molecular weight is 309 g/mol. The zero-order valence-electron chi connectivity index (χ0n) is 12.9. The molecule has 0 radical (unpaired) electrons. The SMILES string of the molecule is Oc1ccc(Cn2c(C3CCCOC3)nc3cccnc32)cc1. The first kappa shape index (κ1) is 14.2. The minimum atomic E-state index is 0.281. The highest BCUT2D eigenvalue weighted by Crippen LogP contribution is 2.28. The van der Waals surface area contributed by atoms with Crippen LogP contribution in [0.3, 0.4) is 0 Å². The van der Waals surface area contributed by atoms with Gasteiger partial charge < -0.3 is 14.4 Å². The van der Waals surface area contributed by atoms with Gasteiger partial charge in [-0.05, 0) is 42.7 Å². The Morgan fingerprint density at radius 3 is 2.87 bits per heavy atom. The summed E-state index contributed by atoms with van der Waals surface area (Å²) in [6.07, 6.45) is 3.97. The molecule has 1 aromatic carbocycles. The van der Waals surface area contributed by atoms with Crippen molar-refractivity contribution in [2.75, 3.05) is 13.2 Å². The van der Waals surface area contributed by atoms with Crippen molar-refractivity contribution in [1.82, 2.24) is 14.5 Å². The Morgan fingerprint density at radius 2 is 2.09 bits per heavy atom. The van der Waals surface area contributed by atoms with Crippen molar-refractivity contribution in [2.45, 2.75) is 25.3 Å². The lowest BCUT2D eigenvalue weighted by molar-refractivity contribution is 0.0772. The fourth-order valence-electron chi connectivity index (χ4n) is 3.17. The fraction of sp³-hybridized carbons (Fsp3) is 0.333. The summed E-state index contributed by atoms with van der Waals surface area (Å²) in [5.41, 5.74) is 2.94. The summed E-state index contributed by atoms with van der Waals surface area (Å²) < 4.78 is 7.83. The number of pyridine rings is 1. The van der Waals surface area contributed by atoms with E-state index in [1.54, 1.807) is 18.3 Å². The van der Waals surface area contributed by atoms with E-state index in [4.69, 9.17) is 9.72 Å². The van der Waals surface area contributed by atoms with Crippen molar-refractivity contribution in [1.29, 1.82) is 0 Å². The lowest BCUT2D eigenvalue weighted by atomic mass is 10.0. The fourth-order valence-corrected chi connectivity index (χ4v) is 3.17. The van der Waals surface area contributed by atoms with Gasteiger partial charge in [0, 0.05) is 18.7 Å². The van der Waals surface area contributed by atoms with Crippen molar-refractivity contribution < 1.29 is 9.84 Å². The lowest BCUT2D eigenvalue weighted by Gasteiger charge is -2.22. The van der Waals surface area contributed by atoms with E-state index in [1.165, 1.54) is 0 Å². The van der Waals surface area contributed by atoms with E-state index in [0.717, 1.165) is 48.6 Å². The number of ether oxygens (including phenoxy) is 1. The summed E-state index contributed by atoms with van der Waals surface area (Å²) in [4.78, 5) is 9.34. The molecule has 5 heteroatoms. The van der Waals surface area contributed by atoms with Crippen LogP contribution in [0, 0.1) is 0 Å². The Labute approximate surface area is 134 Å². The Bertz CT molecular complexity index is 805. The molecule has 5 nitrogen and oxygen atoms in total. The lowest BCUT2D eigenvalue weighted by Crippen LogP contribution is -2.20. The Balaban J connectivity index is 1.77. The van der Waals surface area contributed by atoms with Crippen molar-refractivity contribution in [3.8, 4) is 5.75 Å². The zero-order chi connectivity index (χ0) is 15.6. The number of aromatic hydroxyl groups is 1. The molecule has 0 spiro atoms. The van der Waals surface area contributed by atoms with Gasteiger partial charge in [-0.15, -0.1) is 0 Å². The Kier molecular flexibility index (Phi) is 3.71. The molecule has 2 aromatic heterocycles. The summed E-state index contributed by atoms with van der Waals surface area (Å²) in [6.45, 7) is 2.26. The van der Waals surface area contributed by atoms with Crippen molar-refractivity contribution in [2.24, 2.45) is 0 Å². The van der Waals surface area contributed by atoms with E-state index >= 15 is 0 Å². The van der Waals surface area contributed by atoms with Crippen molar-refractivity contribution >= 4 is 11.2 Å². The molecule has 1 atom stereocenters. The molecule has 1 unspecified atom stereocenters. The van der Waals surface area contributed by atoms with Gasteiger partial charge in [-0.3, -0.25) is 0 Å². The van der Waals surface area contributed by atoms with Crippen LogP contribution < -0.4 is 0 Å². The van der Waals surface area contributed by atoms with Crippen LogP contribution in [0.1, 0.15) is 30.1 Å². The number of aromatic nitrogens is 3. The van der Waals surface area contributed by atoms with Gasteiger partial charge in [0.15, 0.2) is 5.65 Å². The van der Waals surface area contributed by atoms with E-state index in [-0.39, 0.29) is 5.75 Å². The Hall–Kier alpha value is -2.40. The number of nitrogens with zero attached hydrogens (tertiary/aromatic N) is 3. The van der Waals surface area contributed by atoms with Crippen LogP contribution in [0.5, 0.6) is 5.75 Å². The Morgan fingerprint density at radius 1 is 1.22 bits per heavy atom. The minimum absolute atomic E-state index is 0.281. The molecule has 118 valence electrons. The van der Waals surface area contributed by atoms with Gasteiger partial charge >= 0.3 is 0 Å². The number of phenols is 1. The molecule has 0 bridgehead atoms. The van der Waals surface area contributed by atoms with Crippen LogP contribution in [0.15, 0.2) is 42.6 Å². The summed E-state index contributed by atoms with van der Waals surface area (Å²) in [7, 11) is 0. The normalized spacial score (nSPS) is 18.3. The highest BCUT2D eigenvalue weighted by atomic mass is 16.5. The molecule has 4 rings (SSSR count). The second-order valence-corrected chi connectivity index (χ2v) is 5.98. The molecular formula is C18H19N3O2. The van der Waals surface area contributed by atoms with Gasteiger partial charge in [0.1, 0.15) is 17.1 Å². The molecular weight excluding hydrogens is 290 g/mol. The van der Waals surface area contributed by atoms with Gasteiger partial charge in [-0.25, -0.2) is 9.97 Å². The number of hydrogen-bond acceptors (Lipinski definition) is 4. The summed E-state index contributed by atoms with van der Waals surface area (Å²) in [5, 5.41) is 9.46. The molecule has 0 amide bonds. The van der Waals surface area contributed by atoms with E-state index in [1.807, 2.05) is 24.3 Å². The minimum Gasteiger partial charge on any atom is -0.508 e. The molecule has 1 saturated heterocycles. The molecule has 3 aromatic rings. The van der Waals surface area contributed by atoms with Gasteiger partial charge in [-0.2, -0.15) is 0 Å². The van der Waals surface area contributed by atoms with Gasteiger partial charge in [0.05, 0.1) is 13.2 Å². The molecule has 0 saturated carbocycles. The predicted molar refractivity (Wildman–Crippen MR) is 87.5 cm³/mol. The second-order valence-electron chi connectivity index (χ2n) is 5.98. The maximum atomic E-state index is 9.46. The molecule has 1 aliphatic rings. The van der Waals surface area contributed by atoms with Crippen LogP contribution in [0.25, 0.3) is 11.2 Å². The standard InChI is InChI=1S/C18H19N3O2/c22-15-7-5-13(6-8-15)11-21-17(14-3-2-10-23-12-14)20-16-4-1-9-19-18(16)21/h1,4-9,14,22H,2-3,10-12H2. The number of hydrogen-bond donors (Lipinski definition) is 1. The third-order valence-electron chi connectivity index (χ3n) is 4.34. The highest BCUT2D eigenvalue weighted by molar-refractivity contribution is 5.71. The molecule has 0 aliphatic carbocycles. The van der Waals surface area contributed by atoms with Gasteiger partial charge in [0.25, 0.3) is 0 Å². The van der Waals surface area contributed by atoms with Crippen LogP contribution in [-0.4, -0.2) is 32.9 Å². The predicted octanol–water partition coefficient (Wildman–Crippen LogP) is 3.08. The largest absolute Gasteiger partial charge is 0.508 e. The highest BCUT2D eigenvalue weighted by Gasteiger charge is 2.23. The number of rotatable bonds is 3. The maximum absolute atomic E-state index is 9.46. The number of imidazole rings is 1. The third-order valence-corrected chi connectivity index (χ3v) is 4.34. The van der Waals surface area contributed by atoms with Gasteiger partial charge in [0.2, 0.25) is 0 Å². The third kappa shape index (κ3) is 2.80. The van der Waals surface area contributed by atoms with E-state index in [0.29, 0.717) is 12.5 Å². The van der Waals surface area contributed by atoms with Crippen LogP contribution >= 0.6 is 0 Å². The molecule has 23 heavy (non-hydrogen) atoms. The van der Waals surface area contributed by atoms with Gasteiger partial charge in [-0.1, -0.05) is 12.1 Å². The number of fused-ring (bicyclic) bond motifs is 1. The van der Waals surface area contributed by atoms with Crippen molar-refractivity contribution in [3.05, 3.63) is 54.0 Å². The monoisotopic (exact) mass is 309 g/mol. The quantitative estimate of drug-likeness (QED) is 0.807. The van der Waals surface area contributed by atoms with E-state index < -0.39 is 0 Å².